The van der Waals surface area contributed by atoms with Crippen molar-refractivity contribution in [3.8, 4) is 0 Å². The molecule has 2 aliphatic heterocycles. The van der Waals surface area contributed by atoms with Gasteiger partial charge in [-0.1, -0.05) is 6.42 Å². The van der Waals surface area contributed by atoms with Gasteiger partial charge >= 0.3 is 0 Å². The molecular formula is C7H10O2. The molecule has 2 saturated heterocycles. The summed E-state index contributed by atoms with van der Waals surface area (Å²) in [6, 6.07) is 0. The third kappa shape index (κ3) is 0.332. The number of rotatable bonds is 0. The lowest BCUT2D eigenvalue weighted by atomic mass is 9.83. The minimum Gasteiger partial charge on any atom is -0.344 e. The molecule has 2 heterocycles. The fourth-order valence-electron chi connectivity index (χ4n) is 2.18. The standard InChI is InChI=1S/C7H10O2/c1-2-4-7-6(3-1,9-7)5-8-7/h1-5H2. The van der Waals surface area contributed by atoms with Crippen molar-refractivity contribution in [2.75, 3.05) is 6.61 Å². The van der Waals surface area contributed by atoms with Crippen LogP contribution in [0.2, 0.25) is 0 Å². The van der Waals surface area contributed by atoms with E-state index < -0.39 is 0 Å². The molecule has 1 saturated carbocycles. The highest BCUT2D eigenvalue weighted by Gasteiger charge is 2.79. The molecule has 9 heavy (non-hydrogen) atoms. The number of hydrogen-bond donors (Lipinski definition) is 0. The number of epoxide rings is 1. The van der Waals surface area contributed by atoms with Crippen molar-refractivity contribution in [3.05, 3.63) is 0 Å². The first-order valence-electron chi connectivity index (χ1n) is 3.71. The van der Waals surface area contributed by atoms with E-state index in [0.29, 0.717) is 0 Å². The lowest BCUT2D eigenvalue weighted by molar-refractivity contribution is -0.109. The Morgan fingerprint density at radius 1 is 1.11 bits per heavy atom. The van der Waals surface area contributed by atoms with E-state index in [1.165, 1.54) is 19.3 Å². The van der Waals surface area contributed by atoms with Crippen LogP contribution in [0.5, 0.6) is 0 Å². The second-order valence-corrected chi connectivity index (χ2v) is 3.35. The van der Waals surface area contributed by atoms with E-state index in [9.17, 15) is 0 Å². The molecule has 0 aromatic carbocycles. The van der Waals surface area contributed by atoms with Gasteiger partial charge in [-0.3, -0.25) is 0 Å². The van der Waals surface area contributed by atoms with Gasteiger partial charge in [0.1, 0.15) is 5.60 Å². The van der Waals surface area contributed by atoms with Gasteiger partial charge in [0.2, 0.25) is 5.79 Å². The normalized spacial score (nSPS) is 61.3. The molecule has 0 aromatic rings. The fraction of sp³-hybridized carbons (Fsp3) is 1.00. The third-order valence-electron chi connectivity index (χ3n) is 2.89. The predicted molar refractivity (Wildman–Crippen MR) is 31.0 cm³/mol. The molecule has 3 aliphatic rings. The van der Waals surface area contributed by atoms with Crippen LogP contribution in [0.15, 0.2) is 0 Å². The van der Waals surface area contributed by atoms with Crippen molar-refractivity contribution >= 4 is 0 Å². The lowest BCUT2D eigenvalue weighted by Gasteiger charge is -2.32. The van der Waals surface area contributed by atoms with Crippen LogP contribution in [-0.2, 0) is 9.47 Å². The first kappa shape index (κ1) is 4.69. The van der Waals surface area contributed by atoms with Gasteiger partial charge in [0.05, 0.1) is 6.61 Å². The van der Waals surface area contributed by atoms with E-state index in [1.807, 2.05) is 0 Å². The first-order chi connectivity index (χ1) is 4.37. The Morgan fingerprint density at radius 3 is 2.44 bits per heavy atom. The summed E-state index contributed by atoms with van der Waals surface area (Å²) in [6.07, 6.45) is 5.02. The quantitative estimate of drug-likeness (QED) is 0.452. The van der Waals surface area contributed by atoms with Gasteiger partial charge < -0.3 is 9.47 Å². The summed E-state index contributed by atoms with van der Waals surface area (Å²) < 4.78 is 10.9. The van der Waals surface area contributed by atoms with Crippen molar-refractivity contribution in [1.82, 2.24) is 0 Å². The van der Waals surface area contributed by atoms with Crippen LogP contribution in [0.25, 0.3) is 0 Å². The average Bonchev–Trinajstić information content (AvgIpc) is 2.40. The van der Waals surface area contributed by atoms with E-state index >= 15 is 0 Å². The van der Waals surface area contributed by atoms with E-state index in [2.05, 4.69) is 0 Å². The van der Waals surface area contributed by atoms with Crippen molar-refractivity contribution in [1.29, 1.82) is 0 Å². The van der Waals surface area contributed by atoms with Crippen LogP contribution in [0.3, 0.4) is 0 Å². The molecule has 0 amide bonds. The molecule has 2 unspecified atom stereocenters. The molecule has 2 heteroatoms. The summed E-state index contributed by atoms with van der Waals surface area (Å²) >= 11 is 0. The zero-order valence-electron chi connectivity index (χ0n) is 5.35. The molecule has 2 nitrogen and oxygen atoms in total. The summed E-state index contributed by atoms with van der Waals surface area (Å²) in [5, 5.41) is 0. The second-order valence-electron chi connectivity index (χ2n) is 3.35. The lowest BCUT2D eigenvalue weighted by Crippen LogP contribution is -2.46. The highest BCUT2D eigenvalue weighted by molar-refractivity contribution is 5.18. The minimum absolute atomic E-state index is 0.0365. The van der Waals surface area contributed by atoms with Crippen LogP contribution in [0.1, 0.15) is 25.7 Å². The van der Waals surface area contributed by atoms with Crippen molar-refractivity contribution < 1.29 is 9.47 Å². The summed E-state index contributed by atoms with van der Waals surface area (Å²) in [5.41, 5.74) is 0.241. The molecule has 1 aliphatic carbocycles. The monoisotopic (exact) mass is 126 g/mol. The van der Waals surface area contributed by atoms with Crippen molar-refractivity contribution in [3.63, 3.8) is 0 Å². The molecule has 2 atom stereocenters. The Hall–Kier alpha value is -0.0800. The molecule has 50 valence electrons. The first-order valence-corrected chi connectivity index (χ1v) is 3.71. The maximum absolute atomic E-state index is 5.54. The van der Waals surface area contributed by atoms with Crippen LogP contribution in [-0.4, -0.2) is 18.0 Å². The van der Waals surface area contributed by atoms with Gasteiger partial charge in [-0.25, -0.2) is 0 Å². The molecule has 0 radical (unpaired) electrons. The molecular weight excluding hydrogens is 116 g/mol. The van der Waals surface area contributed by atoms with E-state index in [4.69, 9.17) is 9.47 Å². The SMILES string of the molecule is C1CCC23OCC2(C1)O3. The topological polar surface area (TPSA) is 21.8 Å². The summed E-state index contributed by atoms with van der Waals surface area (Å²) in [7, 11) is 0. The van der Waals surface area contributed by atoms with Gasteiger partial charge in [-0.05, 0) is 12.8 Å². The third-order valence-corrected chi connectivity index (χ3v) is 2.89. The maximum atomic E-state index is 5.54. The van der Waals surface area contributed by atoms with Crippen molar-refractivity contribution in [2.45, 2.75) is 37.1 Å². The maximum Gasteiger partial charge on any atom is 0.201 e. The molecule has 3 rings (SSSR count). The molecule has 3 fully saturated rings. The van der Waals surface area contributed by atoms with Gasteiger partial charge in [-0.2, -0.15) is 0 Å². The van der Waals surface area contributed by atoms with Crippen LogP contribution in [0, 0.1) is 0 Å². The Kier molecular flexibility index (Phi) is 0.552. The van der Waals surface area contributed by atoms with Crippen molar-refractivity contribution in [2.24, 2.45) is 0 Å². The zero-order chi connectivity index (χ0) is 5.95. The molecule has 0 spiro atoms. The summed E-state index contributed by atoms with van der Waals surface area (Å²) in [5.74, 6) is -0.0365. The van der Waals surface area contributed by atoms with Gasteiger partial charge in [0, 0.05) is 6.42 Å². The van der Waals surface area contributed by atoms with E-state index in [-0.39, 0.29) is 11.4 Å². The molecule has 0 aromatic heterocycles. The van der Waals surface area contributed by atoms with Crippen LogP contribution >= 0.6 is 0 Å². The minimum atomic E-state index is -0.0365. The fourth-order valence-corrected chi connectivity index (χ4v) is 2.18. The van der Waals surface area contributed by atoms with Gasteiger partial charge in [-0.15, -0.1) is 0 Å². The van der Waals surface area contributed by atoms with Crippen LogP contribution in [0.4, 0.5) is 0 Å². The van der Waals surface area contributed by atoms with Gasteiger partial charge in [0.15, 0.2) is 0 Å². The summed E-state index contributed by atoms with van der Waals surface area (Å²) in [4.78, 5) is 0. The Labute approximate surface area is 54.1 Å². The Bertz CT molecular complexity index is 142. The van der Waals surface area contributed by atoms with Crippen LogP contribution < -0.4 is 0 Å². The highest BCUT2D eigenvalue weighted by Crippen LogP contribution is 2.65. The van der Waals surface area contributed by atoms with Gasteiger partial charge in [0.25, 0.3) is 0 Å². The zero-order valence-corrected chi connectivity index (χ0v) is 5.35. The largest absolute Gasteiger partial charge is 0.344 e. The highest BCUT2D eigenvalue weighted by atomic mass is 16.9. The molecule has 0 N–H and O–H groups in total. The molecule has 0 bridgehead atoms. The predicted octanol–water partition coefficient (Wildman–Crippen LogP) is 1.06. The van der Waals surface area contributed by atoms with E-state index in [1.54, 1.807) is 0 Å². The summed E-state index contributed by atoms with van der Waals surface area (Å²) in [6.45, 7) is 0.868. The Balaban J connectivity index is 1.95. The number of ether oxygens (including phenoxy) is 2. The van der Waals surface area contributed by atoms with E-state index in [0.717, 1.165) is 13.0 Å². The average molecular weight is 126 g/mol. The Morgan fingerprint density at radius 2 is 2.00 bits per heavy atom. The second kappa shape index (κ2) is 1.06. The smallest absolute Gasteiger partial charge is 0.201 e. The number of hydrogen-bond acceptors (Lipinski definition) is 2.